The van der Waals surface area contributed by atoms with Crippen molar-refractivity contribution < 1.29 is 19.4 Å². The fourth-order valence-corrected chi connectivity index (χ4v) is 3.08. The summed E-state index contributed by atoms with van der Waals surface area (Å²) in [5.74, 6) is -0.0962. The van der Waals surface area contributed by atoms with E-state index in [1.807, 2.05) is 0 Å². The van der Waals surface area contributed by atoms with Crippen molar-refractivity contribution in [3.63, 3.8) is 0 Å². The first-order valence-corrected chi connectivity index (χ1v) is 6.61. The molecule has 2 fully saturated rings. The maximum Gasteiger partial charge on any atom is 0.235 e. The van der Waals surface area contributed by atoms with Crippen LogP contribution < -0.4 is 0 Å². The summed E-state index contributed by atoms with van der Waals surface area (Å²) in [5.41, 5.74) is -0.400. The Kier molecular flexibility index (Phi) is 4.02. The van der Waals surface area contributed by atoms with Crippen LogP contribution in [0.2, 0.25) is 0 Å². The second-order valence-corrected chi connectivity index (χ2v) is 5.41. The third-order valence-electron chi connectivity index (χ3n) is 4.10. The maximum atomic E-state index is 12.3. The molecule has 0 aromatic rings. The normalized spacial score (nSPS) is 24.2. The standard InChI is InChI=1S/C13H21NO4/c1-18-9-10(15)4-7-14-11(16)8-13(12(14)17)5-2-3-6-13/h10,15H,2-9H2,1H3. The summed E-state index contributed by atoms with van der Waals surface area (Å²) in [6.45, 7) is 0.547. The van der Waals surface area contributed by atoms with Crippen molar-refractivity contribution in [1.29, 1.82) is 0 Å². The van der Waals surface area contributed by atoms with Gasteiger partial charge in [0.1, 0.15) is 0 Å². The lowest BCUT2D eigenvalue weighted by molar-refractivity contribution is -0.141. The minimum Gasteiger partial charge on any atom is -0.391 e. The molecule has 2 rings (SSSR count). The van der Waals surface area contributed by atoms with Crippen LogP contribution in [0.4, 0.5) is 0 Å². The molecule has 1 atom stereocenters. The molecule has 1 N–H and O–H groups in total. The molecule has 1 aliphatic carbocycles. The number of carbonyl (C=O) groups is 2. The van der Waals surface area contributed by atoms with Gasteiger partial charge in [0, 0.05) is 20.1 Å². The largest absolute Gasteiger partial charge is 0.391 e. The summed E-state index contributed by atoms with van der Waals surface area (Å²) in [6, 6.07) is 0. The van der Waals surface area contributed by atoms with Gasteiger partial charge in [0.05, 0.1) is 18.1 Å². The van der Waals surface area contributed by atoms with E-state index in [9.17, 15) is 14.7 Å². The first kappa shape index (κ1) is 13.5. The SMILES string of the molecule is COCC(O)CCN1C(=O)CC2(CCCC2)C1=O. The number of nitrogens with zero attached hydrogens (tertiary/aromatic N) is 1. The van der Waals surface area contributed by atoms with Crippen LogP contribution in [0.5, 0.6) is 0 Å². The van der Waals surface area contributed by atoms with Gasteiger partial charge in [0.25, 0.3) is 0 Å². The Morgan fingerprint density at radius 1 is 1.39 bits per heavy atom. The van der Waals surface area contributed by atoms with Crippen molar-refractivity contribution in [3.05, 3.63) is 0 Å². The molecule has 1 unspecified atom stereocenters. The topological polar surface area (TPSA) is 66.8 Å². The minimum atomic E-state index is -0.615. The number of methoxy groups -OCH3 is 1. The van der Waals surface area contributed by atoms with E-state index in [2.05, 4.69) is 0 Å². The van der Waals surface area contributed by atoms with Crippen LogP contribution in [0.25, 0.3) is 0 Å². The highest BCUT2D eigenvalue weighted by Gasteiger charge is 2.52. The number of imide groups is 1. The molecule has 102 valence electrons. The van der Waals surface area contributed by atoms with Gasteiger partial charge in [-0.15, -0.1) is 0 Å². The van der Waals surface area contributed by atoms with E-state index >= 15 is 0 Å². The van der Waals surface area contributed by atoms with E-state index in [-0.39, 0.29) is 18.4 Å². The number of hydrogen-bond donors (Lipinski definition) is 1. The zero-order valence-corrected chi connectivity index (χ0v) is 10.9. The zero-order valence-electron chi connectivity index (χ0n) is 10.9. The lowest BCUT2D eigenvalue weighted by atomic mass is 9.84. The number of likely N-dealkylation sites (tertiary alicyclic amines) is 1. The number of aliphatic hydroxyl groups excluding tert-OH is 1. The minimum absolute atomic E-state index is 0.0189. The summed E-state index contributed by atoms with van der Waals surface area (Å²) in [5, 5.41) is 9.56. The first-order chi connectivity index (χ1) is 8.59. The highest BCUT2D eigenvalue weighted by atomic mass is 16.5. The van der Waals surface area contributed by atoms with Gasteiger partial charge in [-0.3, -0.25) is 14.5 Å². The number of ether oxygens (including phenoxy) is 1. The van der Waals surface area contributed by atoms with Gasteiger partial charge < -0.3 is 9.84 Å². The van der Waals surface area contributed by atoms with Crippen molar-refractivity contribution in [2.75, 3.05) is 20.3 Å². The number of rotatable bonds is 5. The molecule has 1 spiro atoms. The monoisotopic (exact) mass is 255 g/mol. The Morgan fingerprint density at radius 2 is 2.06 bits per heavy atom. The van der Waals surface area contributed by atoms with E-state index < -0.39 is 11.5 Å². The molecule has 1 saturated heterocycles. The van der Waals surface area contributed by atoms with E-state index in [0.717, 1.165) is 25.7 Å². The summed E-state index contributed by atoms with van der Waals surface area (Å²) >= 11 is 0. The molecular weight excluding hydrogens is 234 g/mol. The summed E-state index contributed by atoms with van der Waals surface area (Å²) < 4.78 is 4.83. The smallest absolute Gasteiger partial charge is 0.235 e. The van der Waals surface area contributed by atoms with Crippen molar-refractivity contribution in [3.8, 4) is 0 Å². The van der Waals surface area contributed by atoms with Crippen molar-refractivity contribution >= 4 is 11.8 Å². The summed E-state index contributed by atoms with van der Waals surface area (Å²) in [7, 11) is 1.52. The van der Waals surface area contributed by atoms with Gasteiger partial charge in [0.15, 0.2) is 0 Å². The quantitative estimate of drug-likeness (QED) is 0.734. The first-order valence-electron chi connectivity index (χ1n) is 6.61. The van der Waals surface area contributed by atoms with Crippen LogP contribution in [0.15, 0.2) is 0 Å². The highest BCUT2D eigenvalue weighted by molar-refractivity contribution is 6.06. The predicted octanol–water partition coefficient (Wildman–Crippen LogP) is 0.703. The second kappa shape index (κ2) is 5.36. The van der Waals surface area contributed by atoms with E-state index in [1.54, 1.807) is 0 Å². The Bertz CT molecular complexity index is 336. The van der Waals surface area contributed by atoms with Crippen LogP contribution in [-0.4, -0.2) is 48.2 Å². The highest BCUT2D eigenvalue weighted by Crippen LogP contribution is 2.46. The molecule has 2 aliphatic rings. The van der Waals surface area contributed by atoms with Gasteiger partial charge in [-0.1, -0.05) is 12.8 Å². The van der Waals surface area contributed by atoms with Gasteiger partial charge >= 0.3 is 0 Å². The summed E-state index contributed by atoms with van der Waals surface area (Å²) in [6.07, 6.45) is 3.91. The zero-order chi connectivity index (χ0) is 13.2. The van der Waals surface area contributed by atoms with Crippen LogP contribution in [0.3, 0.4) is 0 Å². The molecule has 0 aromatic heterocycles. The molecular formula is C13H21NO4. The number of hydrogen-bond acceptors (Lipinski definition) is 4. The van der Waals surface area contributed by atoms with Crippen LogP contribution in [-0.2, 0) is 14.3 Å². The Morgan fingerprint density at radius 3 is 2.67 bits per heavy atom. The lowest BCUT2D eigenvalue weighted by Crippen LogP contribution is -2.36. The predicted molar refractivity (Wildman–Crippen MR) is 64.7 cm³/mol. The maximum absolute atomic E-state index is 12.3. The van der Waals surface area contributed by atoms with Crippen molar-refractivity contribution in [1.82, 2.24) is 4.90 Å². The number of aliphatic hydroxyl groups is 1. The third kappa shape index (κ3) is 2.42. The fraction of sp³-hybridized carbons (Fsp3) is 0.846. The third-order valence-corrected chi connectivity index (χ3v) is 4.10. The number of carbonyl (C=O) groups excluding carboxylic acids is 2. The van der Waals surface area contributed by atoms with Crippen LogP contribution in [0.1, 0.15) is 38.5 Å². The van der Waals surface area contributed by atoms with Gasteiger partial charge in [-0.2, -0.15) is 0 Å². The lowest BCUT2D eigenvalue weighted by Gasteiger charge is -2.21. The Balaban J connectivity index is 1.93. The van der Waals surface area contributed by atoms with Crippen LogP contribution in [0, 0.1) is 5.41 Å². The second-order valence-electron chi connectivity index (χ2n) is 5.41. The van der Waals surface area contributed by atoms with Crippen molar-refractivity contribution in [2.45, 2.75) is 44.6 Å². The molecule has 1 aliphatic heterocycles. The van der Waals surface area contributed by atoms with Crippen LogP contribution >= 0.6 is 0 Å². The van der Waals surface area contributed by atoms with E-state index in [4.69, 9.17) is 4.74 Å². The fourth-order valence-electron chi connectivity index (χ4n) is 3.08. The molecule has 18 heavy (non-hydrogen) atoms. The van der Waals surface area contributed by atoms with Gasteiger partial charge in [-0.05, 0) is 19.3 Å². The number of amides is 2. The van der Waals surface area contributed by atoms with E-state index in [1.165, 1.54) is 12.0 Å². The van der Waals surface area contributed by atoms with E-state index in [0.29, 0.717) is 19.4 Å². The molecule has 0 bridgehead atoms. The average molecular weight is 255 g/mol. The Hall–Kier alpha value is -0.940. The van der Waals surface area contributed by atoms with Gasteiger partial charge in [0.2, 0.25) is 11.8 Å². The molecule has 1 saturated carbocycles. The molecule has 0 radical (unpaired) electrons. The molecule has 1 heterocycles. The summed E-state index contributed by atoms with van der Waals surface area (Å²) in [4.78, 5) is 25.5. The molecule has 5 heteroatoms. The Labute approximate surface area is 107 Å². The molecule has 5 nitrogen and oxygen atoms in total. The van der Waals surface area contributed by atoms with Crippen molar-refractivity contribution in [2.24, 2.45) is 5.41 Å². The molecule has 2 amide bonds. The molecule has 0 aromatic carbocycles. The van der Waals surface area contributed by atoms with Gasteiger partial charge in [-0.25, -0.2) is 0 Å². The average Bonchev–Trinajstić information content (AvgIpc) is 2.86.